The van der Waals surface area contributed by atoms with Gasteiger partial charge in [-0.05, 0) is 43.4 Å². The van der Waals surface area contributed by atoms with Gasteiger partial charge in [0.05, 0.1) is 22.1 Å². The summed E-state index contributed by atoms with van der Waals surface area (Å²) < 4.78 is 2.71. The third-order valence-corrected chi connectivity index (χ3v) is 6.91. The number of hydrogen-bond donors (Lipinski definition) is 1. The molecule has 5 nitrogen and oxygen atoms in total. The topological polar surface area (TPSA) is 73.8 Å². The molecule has 7 heteroatoms. The zero-order chi connectivity index (χ0) is 17.0. The Morgan fingerprint density at radius 3 is 2.88 bits per heavy atom. The molecule has 0 bridgehead atoms. The van der Waals surface area contributed by atoms with Crippen molar-refractivity contribution in [3.63, 3.8) is 0 Å². The van der Waals surface area contributed by atoms with Crippen molar-refractivity contribution in [1.29, 1.82) is 0 Å². The Morgan fingerprint density at radius 2 is 1.96 bits per heavy atom. The molecule has 0 radical (unpaired) electrons. The van der Waals surface area contributed by atoms with Gasteiger partial charge in [0.1, 0.15) is 10.6 Å². The third kappa shape index (κ3) is 2.38. The maximum atomic E-state index is 12.3. The van der Waals surface area contributed by atoms with Crippen molar-refractivity contribution in [3.05, 3.63) is 50.2 Å². The lowest BCUT2D eigenvalue weighted by atomic mass is 9.97. The number of thiazole rings is 1. The number of thiophene rings is 1. The van der Waals surface area contributed by atoms with E-state index in [9.17, 15) is 4.79 Å². The second-order valence-electron chi connectivity index (χ2n) is 6.34. The van der Waals surface area contributed by atoms with Crippen LogP contribution in [0.2, 0.25) is 0 Å². The summed E-state index contributed by atoms with van der Waals surface area (Å²) in [6, 6.07) is 7.80. The van der Waals surface area contributed by atoms with E-state index < -0.39 is 0 Å². The lowest BCUT2D eigenvalue weighted by Crippen LogP contribution is -2.16. The fraction of sp³-hybridized carbons (Fsp3) is 0.278. The second kappa shape index (κ2) is 5.64. The van der Waals surface area contributed by atoms with Crippen LogP contribution in [0.25, 0.3) is 20.4 Å². The minimum Gasteiger partial charge on any atom is -0.383 e. The number of nitrogen functional groups attached to an aromatic ring is 1. The highest BCUT2D eigenvalue weighted by atomic mass is 32.1. The quantitative estimate of drug-likeness (QED) is 0.587. The van der Waals surface area contributed by atoms with Crippen molar-refractivity contribution in [1.82, 2.24) is 14.5 Å². The molecule has 126 valence electrons. The van der Waals surface area contributed by atoms with Crippen molar-refractivity contribution < 1.29 is 0 Å². The SMILES string of the molecule is Nc1nc(Cn2c(=O)sc3ccccc32)nc2sc3c(c12)CCCC3. The average molecular weight is 368 g/mol. The minimum atomic E-state index is 0.00828. The van der Waals surface area contributed by atoms with Gasteiger partial charge in [-0.3, -0.25) is 9.36 Å². The zero-order valence-corrected chi connectivity index (χ0v) is 15.1. The van der Waals surface area contributed by atoms with Gasteiger partial charge >= 0.3 is 4.87 Å². The normalized spacial score (nSPS) is 14.2. The van der Waals surface area contributed by atoms with Crippen LogP contribution in [0.1, 0.15) is 29.1 Å². The van der Waals surface area contributed by atoms with E-state index in [1.54, 1.807) is 15.9 Å². The Balaban J connectivity index is 1.63. The molecule has 0 spiro atoms. The van der Waals surface area contributed by atoms with Gasteiger partial charge < -0.3 is 5.73 Å². The molecule has 0 atom stereocenters. The predicted octanol–water partition coefficient (Wildman–Crippen LogP) is 3.58. The van der Waals surface area contributed by atoms with Crippen molar-refractivity contribution in [2.75, 3.05) is 5.73 Å². The van der Waals surface area contributed by atoms with E-state index >= 15 is 0 Å². The van der Waals surface area contributed by atoms with Crippen molar-refractivity contribution >= 4 is 48.9 Å². The third-order valence-electron chi connectivity index (χ3n) is 4.76. The lowest BCUT2D eigenvalue weighted by molar-refractivity contribution is 0.700. The molecule has 4 aromatic rings. The molecule has 0 saturated heterocycles. The number of anilines is 1. The summed E-state index contributed by atoms with van der Waals surface area (Å²) in [7, 11) is 0. The number of benzene rings is 1. The van der Waals surface area contributed by atoms with Crippen LogP contribution in [-0.2, 0) is 19.4 Å². The highest BCUT2D eigenvalue weighted by Gasteiger charge is 2.20. The van der Waals surface area contributed by atoms with Crippen LogP contribution < -0.4 is 10.6 Å². The number of nitrogens with two attached hydrogens (primary N) is 1. The number of rotatable bonds is 2. The van der Waals surface area contributed by atoms with Crippen LogP contribution >= 0.6 is 22.7 Å². The van der Waals surface area contributed by atoms with Gasteiger partial charge in [-0.15, -0.1) is 11.3 Å². The van der Waals surface area contributed by atoms with E-state index in [4.69, 9.17) is 10.7 Å². The second-order valence-corrected chi connectivity index (χ2v) is 8.41. The average Bonchev–Trinajstić information content (AvgIpc) is 3.13. The summed E-state index contributed by atoms with van der Waals surface area (Å²) in [6.45, 7) is 0.353. The van der Waals surface area contributed by atoms with Crippen LogP contribution in [0, 0.1) is 0 Å². The minimum absolute atomic E-state index is 0.00828. The monoisotopic (exact) mass is 368 g/mol. The van der Waals surface area contributed by atoms with E-state index in [2.05, 4.69) is 4.98 Å². The summed E-state index contributed by atoms with van der Waals surface area (Å²) in [5, 5.41) is 1.03. The first kappa shape index (κ1) is 15.0. The molecule has 5 rings (SSSR count). The van der Waals surface area contributed by atoms with Gasteiger partial charge in [-0.25, -0.2) is 9.97 Å². The summed E-state index contributed by atoms with van der Waals surface area (Å²) in [5.74, 6) is 1.15. The van der Waals surface area contributed by atoms with Gasteiger partial charge in [0, 0.05) is 4.88 Å². The molecule has 0 amide bonds. The number of nitrogens with zero attached hydrogens (tertiary/aromatic N) is 3. The number of fused-ring (bicyclic) bond motifs is 4. The molecule has 0 saturated carbocycles. The van der Waals surface area contributed by atoms with Crippen LogP contribution in [0.3, 0.4) is 0 Å². The summed E-state index contributed by atoms with van der Waals surface area (Å²) in [4.78, 5) is 24.0. The Kier molecular flexibility index (Phi) is 3.39. The first-order chi connectivity index (χ1) is 12.2. The van der Waals surface area contributed by atoms with Crippen LogP contribution in [0.15, 0.2) is 29.1 Å². The van der Waals surface area contributed by atoms with E-state index in [-0.39, 0.29) is 4.87 Å². The molecule has 3 heterocycles. The van der Waals surface area contributed by atoms with Gasteiger partial charge in [0.25, 0.3) is 0 Å². The molecule has 2 N–H and O–H groups in total. The first-order valence-electron chi connectivity index (χ1n) is 8.36. The number of para-hydroxylation sites is 1. The highest BCUT2D eigenvalue weighted by molar-refractivity contribution is 7.19. The van der Waals surface area contributed by atoms with E-state index in [0.29, 0.717) is 18.2 Å². The Bertz CT molecular complexity index is 1170. The molecule has 1 aromatic carbocycles. The maximum absolute atomic E-state index is 12.3. The summed E-state index contributed by atoms with van der Waals surface area (Å²) in [6.07, 6.45) is 4.61. The number of aromatic nitrogens is 3. The van der Waals surface area contributed by atoms with E-state index in [0.717, 1.165) is 33.3 Å². The molecule has 0 fully saturated rings. The van der Waals surface area contributed by atoms with Crippen LogP contribution in [0.4, 0.5) is 5.82 Å². The molecule has 0 unspecified atom stereocenters. The van der Waals surface area contributed by atoms with Gasteiger partial charge in [-0.2, -0.15) is 0 Å². The molecule has 0 aliphatic heterocycles. The Labute approximate surface area is 151 Å². The molecular formula is C18H16N4OS2. The molecule has 25 heavy (non-hydrogen) atoms. The smallest absolute Gasteiger partial charge is 0.308 e. The van der Waals surface area contributed by atoms with Crippen LogP contribution in [-0.4, -0.2) is 14.5 Å². The molecular weight excluding hydrogens is 352 g/mol. The van der Waals surface area contributed by atoms with Gasteiger partial charge in [0.2, 0.25) is 0 Å². The Morgan fingerprint density at radius 1 is 1.12 bits per heavy atom. The van der Waals surface area contributed by atoms with Gasteiger partial charge in [-0.1, -0.05) is 23.5 Å². The van der Waals surface area contributed by atoms with Crippen molar-refractivity contribution in [3.8, 4) is 0 Å². The summed E-state index contributed by atoms with van der Waals surface area (Å²) >= 11 is 2.98. The highest BCUT2D eigenvalue weighted by Crippen LogP contribution is 2.37. The molecule has 1 aliphatic rings. The fourth-order valence-electron chi connectivity index (χ4n) is 3.61. The number of hydrogen-bond acceptors (Lipinski definition) is 6. The summed E-state index contributed by atoms with van der Waals surface area (Å²) in [5.41, 5.74) is 8.54. The predicted molar refractivity (Wildman–Crippen MR) is 104 cm³/mol. The fourth-order valence-corrected chi connectivity index (χ4v) is 5.79. The lowest BCUT2D eigenvalue weighted by Gasteiger charge is -2.10. The largest absolute Gasteiger partial charge is 0.383 e. The zero-order valence-electron chi connectivity index (χ0n) is 13.5. The molecule has 3 aromatic heterocycles. The Hall–Kier alpha value is -2.25. The van der Waals surface area contributed by atoms with Crippen LogP contribution in [0.5, 0.6) is 0 Å². The van der Waals surface area contributed by atoms with E-state index in [1.807, 2.05) is 24.3 Å². The van der Waals surface area contributed by atoms with Crippen molar-refractivity contribution in [2.45, 2.75) is 32.2 Å². The first-order valence-corrected chi connectivity index (χ1v) is 9.99. The number of aryl methyl sites for hydroxylation is 2. The van der Waals surface area contributed by atoms with Crippen molar-refractivity contribution in [2.24, 2.45) is 0 Å². The van der Waals surface area contributed by atoms with E-state index in [1.165, 1.54) is 34.6 Å². The molecule has 1 aliphatic carbocycles. The standard InChI is InChI=1S/C18H16N4OS2/c19-16-15-10-5-1-3-7-12(10)24-17(15)21-14(20-16)9-22-11-6-2-4-8-13(11)25-18(22)23/h2,4,6,8H,1,3,5,7,9H2,(H2,19,20,21). The maximum Gasteiger partial charge on any atom is 0.308 e. The van der Waals surface area contributed by atoms with Gasteiger partial charge in [0.15, 0.2) is 5.82 Å².